The molecular formula is C14H12BrN3O2. The van der Waals surface area contributed by atoms with E-state index in [1.807, 2.05) is 0 Å². The minimum Gasteiger partial charge on any atom is -0.355 e. The molecule has 20 heavy (non-hydrogen) atoms. The van der Waals surface area contributed by atoms with Gasteiger partial charge in [0, 0.05) is 29.0 Å². The molecule has 0 unspecified atom stereocenters. The number of nitrogens with zero attached hydrogens (tertiary/aromatic N) is 1. The molecule has 2 rings (SSSR count). The van der Waals surface area contributed by atoms with Crippen molar-refractivity contribution < 1.29 is 9.59 Å². The summed E-state index contributed by atoms with van der Waals surface area (Å²) in [7, 11) is 1.55. The lowest BCUT2D eigenvalue weighted by atomic mass is 10.2. The highest BCUT2D eigenvalue weighted by Gasteiger charge is 2.12. The predicted molar refractivity (Wildman–Crippen MR) is 79.7 cm³/mol. The van der Waals surface area contributed by atoms with Crippen LogP contribution in [0.3, 0.4) is 0 Å². The SMILES string of the molecule is CNC(=O)c1cccc(NC(=O)c2ncccc2Br)c1. The number of aromatic nitrogens is 1. The lowest BCUT2D eigenvalue weighted by Gasteiger charge is -2.07. The summed E-state index contributed by atoms with van der Waals surface area (Å²) >= 11 is 3.27. The zero-order valence-corrected chi connectivity index (χ0v) is 12.3. The van der Waals surface area contributed by atoms with Gasteiger partial charge in [0.2, 0.25) is 0 Å². The third kappa shape index (κ3) is 3.21. The highest BCUT2D eigenvalue weighted by molar-refractivity contribution is 9.10. The van der Waals surface area contributed by atoms with E-state index in [1.54, 1.807) is 49.6 Å². The third-order valence-electron chi connectivity index (χ3n) is 2.58. The van der Waals surface area contributed by atoms with E-state index in [0.717, 1.165) is 0 Å². The van der Waals surface area contributed by atoms with Gasteiger partial charge in [-0.05, 0) is 46.3 Å². The molecule has 0 aliphatic heterocycles. The molecule has 0 saturated carbocycles. The van der Waals surface area contributed by atoms with Crippen LogP contribution in [0.15, 0.2) is 47.1 Å². The number of amides is 2. The van der Waals surface area contributed by atoms with Crippen molar-refractivity contribution in [3.8, 4) is 0 Å². The van der Waals surface area contributed by atoms with Gasteiger partial charge in [-0.1, -0.05) is 6.07 Å². The molecule has 0 bridgehead atoms. The van der Waals surface area contributed by atoms with E-state index in [-0.39, 0.29) is 17.5 Å². The highest BCUT2D eigenvalue weighted by atomic mass is 79.9. The standard InChI is InChI=1S/C14H12BrN3O2/c1-16-13(19)9-4-2-5-10(8-9)18-14(20)12-11(15)6-3-7-17-12/h2-8H,1H3,(H,16,19)(H,18,20). The Balaban J connectivity index is 2.20. The van der Waals surface area contributed by atoms with Gasteiger partial charge in [-0.2, -0.15) is 0 Å². The van der Waals surface area contributed by atoms with Crippen molar-refractivity contribution in [2.24, 2.45) is 0 Å². The number of carbonyl (C=O) groups excluding carboxylic acids is 2. The summed E-state index contributed by atoms with van der Waals surface area (Å²) in [5.74, 6) is -0.549. The molecule has 1 aromatic carbocycles. The van der Waals surface area contributed by atoms with Crippen LogP contribution in [0, 0.1) is 0 Å². The number of nitrogens with one attached hydrogen (secondary N) is 2. The van der Waals surface area contributed by atoms with Gasteiger partial charge in [0.05, 0.1) is 0 Å². The molecule has 1 aromatic heterocycles. The summed E-state index contributed by atoms with van der Waals surface area (Å²) in [5.41, 5.74) is 1.30. The monoisotopic (exact) mass is 333 g/mol. The number of rotatable bonds is 3. The van der Waals surface area contributed by atoms with Crippen molar-refractivity contribution >= 4 is 33.4 Å². The number of anilines is 1. The van der Waals surface area contributed by atoms with Gasteiger partial charge in [0.15, 0.2) is 0 Å². The number of carbonyl (C=O) groups is 2. The predicted octanol–water partition coefficient (Wildman–Crippen LogP) is 2.46. The molecule has 0 spiro atoms. The second-order valence-electron chi connectivity index (χ2n) is 3.95. The van der Waals surface area contributed by atoms with Crippen molar-refractivity contribution in [3.63, 3.8) is 0 Å². The zero-order chi connectivity index (χ0) is 14.5. The summed E-state index contributed by atoms with van der Waals surface area (Å²) in [5, 5.41) is 5.24. The van der Waals surface area contributed by atoms with Crippen molar-refractivity contribution in [1.29, 1.82) is 0 Å². The van der Waals surface area contributed by atoms with Crippen LogP contribution in [0.4, 0.5) is 5.69 Å². The molecule has 2 amide bonds. The second-order valence-corrected chi connectivity index (χ2v) is 4.80. The Labute approximate surface area is 124 Å². The first kappa shape index (κ1) is 14.2. The molecule has 2 aromatic rings. The van der Waals surface area contributed by atoms with Gasteiger partial charge in [-0.15, -0.1) is 0 Å². The van der Waals surface area contributed by atoms with Crippen LogP contribution in [0.5, 0.6) is 0 Å². The van der Waals surface area contributed by atoms with E-state index in [1.165, 1.54) is 0 Å². The van der Waals surface area contributed by atoms with E-state index in [9.17, 15) is 9.59 Å². The van der Waals surface area contributed by atoms with Crippen molar-refractivity contribution in [2.45, 2.75) is 0 Å². The molecule has 1 heterocycles. The fourth-order valence-electron chi connectivity index (χ4n) is 1.63. The summed E-state index contributed by atoms with van der Waals surface area (Å²) < 4.78 is 0.611. The Morgan fingerprint density at radius 3 is 2.65 bits per heavy atom. The largest absolute Gasteiger partial charge is 0.355 e. The lowest BCUT2D eigenvalue weighted by molar-refractivity contribution is 0.0961. The Morgan fingerprint density at radius 1 is 1.15 bits per heavy atom. The summed E-state index contributed by atoms with van der Waals surface area (Å²) in [6.45, 7) is 0. The molecule has 5 nitrogen and oxygen atoms in total. The van der Waals surface area contributed by atoms with E-state index >= 15 is 0 Å². The van der Waals surface area contributed by atoms with E-state index in [4.69, 9.17) is 0 Å². The highest BCUT2D eigenvalue weighted by Crippen LogP contribution is 2.16. The topological polar surface area (TPSA) is 71.1 Å². The van der Waals surface area contributed by atoms with E-state index in [2.05, 4.69) is 31.5 Å². The first-order valence-electron chi connectivity index (χ1n) is 5.86. The van der Waals surface area contributed by atoms with Gasteiger partial charge in [0.1, 0.15) is 5.69 Å². The van der Waals surface area contributed by atoms with Gasteiger partial charge in [-0.3, -0.25) is 9.59 Å². The van der Waals surface area contributed by atoms with Crippen molar-refractivity contribution in [1.82, 2.24) is 10.3 Å². The molecular weight excluding hydrogens is 322 g/mol. The zero-order valence-electron chi connectivity index (χ0n) is 10.7. The third-order valence-corrected chi connectivity index (χ3v) is 3.22. The number of halogens is 1. The van der Waals surface area contributed by atoms with Gasteiger partial charge >= 0.3 is 0 Å². The Kier molecular flexibility index (Phi) is 4.47. The Morgan fingerprint density at radius 2 is 1.95 bits per heavy atom. The van der Waals surface area contributed by atoms with Gasteiger partial charge in [-0.25, -0.2) is 4.98 Å². The van der Waals surface area contributed by atoms with Crippen LogP contribution >= 0.6 is 15.9 Å². The molecule has 0 aliphatic carbocycles. The molecule has 102 valence electrons. The molecule has 0 saturated heterocycles. The quantitative estimate of drug-likeness (QED) is 0.906. The molecule has 6 heteroatoms. The fourth-order valence-corrected chi connectivity index (χ4v) is 2.06. The fraction of sp³-hybridized carbons (Fsp3) is 0.0714. The van der Waals surface area contributed by atoms with Crippen molar-refractivity contribution in [3.05, 3.63) is 58.3 Å². The van der Waals surface area contributed by atoms with Gasteiger partial charge < -0.3 is 10.6 Å². The summed E-state index contributed by atoms with van der Waals surface area (Å²) in [6.07, 6.45) is 1.54. The number of pyridine rings is 1. The second kappa shape index (κ2) is 6.29. The maximum Gasteiger partial charge on any atom is 0.275 e. The van der Waals surface area contributed by atoms with Crippen LogP contribution in [0.1, 0.15) is 20.8 Å². The average Bonchev–Trinajstić information content (AvgIpc) is 2.47. The van der Waals surface area contributed by atoms with Gasteiger partial charge in [0.25, 0.3) is 11.8 Å². The molecule has 0 atom stereocenters. The van der Waals surface area contributed by atoms with Crippen LogP contribution in [0.2, 0.25) is 0 Å². The van der Waals surface area contributed by atoms with E-state index < -0.39 is 0 Å². The average molecular weight is 334 g/mol. The Bertz CT molecular complexity index is 658. The smallest absolute Gasteiger partial charge is 0.275 e. The normalized spacial score (nSPS) is 9.90. The van der Waals surface area contributed by atoms with Crippen LogP contribution in [-0.4, -0.2) is 23.8 Å². The molecule has 0 fully saturated rings. The minimum absolute atomic E-state index is 0.208. The first-order valence-corrected chi connectivity index (χ1v) is 6.65. The van der Waals surface area contributed by atoms with Crippen LogP contribution in [-0.2, 0) is 0 Å². The summed E-state index contributed by atoms with van der Waals surface area (Å²) in [6, 6.07) is 10.2. The van der Waals surface area contributed by atoms with Crippen LogP contribution in [0.25, 0.3) is 0 Å². The van der Waals surface area contributed by atoms with Crippen LogP contribution < -0.4 is 10.6 Å². The number of hydrogen-bond donors (Lipinski definition) is 2. The molecule has 2 N–H and O–H groups in total. The first-order chi connectivity index (χ1) is 9.61. The maximum absolute atomic E-state index is 12.1. The lowest BCUT2D eigenvalue weighted by Crippen LogP contribution is -2.18. The summed E-state index contributed by atoms with van der Waals surface area (Å²) in [4.78, 5) is 27.6. The van der Waals surface area contributed by atoms with Crippen molar-refractivity contribution in [2.75, 3.05) is 12.4 Å². The maximum atomic E-state index is 12.1. The minimum atomic E-state index is -0.341. The number of benzene rings is 1. The van der Waals surface area contributed by atoms with E-state index in [0.29, 0.717) is 15.7 Å². The molecule has 0 radical (unpaired) electrons. The molecule has 0 aliphatic rings. The Hall–Kier alpha value is -2.21. The number of hydrogen-bond acceptors (Lipinski definition) is 3.